The van der Waals surface area contributed by atoms with Crippen molar-refractivity contribution in [3.63, 3.8) is 0 Å². The van der Waals surface area contributed by atoms with E-state index in [1.807, 2.05) is 24.8 Å². The van der Waals surface area contributed by atoms with Crippen LogP contribution >= 0.6 is 0 Å². The molecule has 3 unspecified atom stereocenters. The third-order valence-electron chi connectivity index (χ3n) is 5.33. The maximum Gasteiger partial charge on any atom is 0.290 e. The predicted octanol–water partition coefficient (Wildman–Crippen LogP) is 3.13. The van der Waals surface area contributed by atoms with Crippen molar-refractivity contribution < 1.29 is 14.3 Å². The smallest absolute Gasteiger partial charge is 0.290 e. The van der Waals surface area contributed by atoms with Crippen molar-refractivity contribution in [2.45, 2.75) is 64.0 Å². The molecule has 4 heteroatoms. The van der Waals surface area contributed by atoms with Gasteiger partial charge >= 0.3 is 0 Å². The molecule has 3 atom stereocenters. The van der Waals surface area contributed by atoms with Gasteiger partial charge in [-0.2, -0.15) is 0 Å². The van der Waals surface area contributed by atoms with E-state index in [4.69, 9.17) is 4.42 Å². The Hall–Kier alpha value is -1.29. The van der Waals surface area contributed by atoms with Crippen LogP contribution in [-0.2, 0) is 0 Å². The van der Waals surface area contributed by atoms with Crippen LogP contribution in [0.4, 0.5) is 0 Å². The summed E-state index contributed by atoms with van der Waals surface area (Å²) in [7, 11) is 0. The van der Waals surface area contributed by atoms with E-state index in [2.05, 4.69) is 0 Å². The molecule has 1 aromatic rings. The van der Waals surface area contributed by atoms with Crippen LogP contribution < -0.4 is 0 Å². The number of carbonyl (C=O) groups excluding carboxylic acids is 1. The molecule has 1 N–H and O–H groups in total. The second kappa shape index (κ2) is 5.48. The Kier molecular flexibility index (Phi) is 3.82. The lowest BCUT2D eigenvalue weighted by molar-refractivity contribution is -0.0580. The van der Waals surface area contributed by atoms with E-state index >= 15 is 0 Å². The minimum Gasteiger partial charge on any atom is -0.459 e. The van der Waals surface area contributed by atoms with Gasteiger partial charge in [0, 0.05) is 24.1 Å². The fourth-order valence-corrected chi connectivity index (χ4v) is 4.14. The van der Waals surface area contributed by atoms with Crippen LogP contribution in [0.25, 0.3) is 0 Å². The van der Waals surface area contributed by atoms with Crippen LogP contribution in [0.3, 0.4) is 0 Å². The summed E-state index contributed by atoms with van der Waals surface area (Å²) in [5, 5.41) is 10.7. The average molecular weight is 291 g/mol. The normalized spacial score (nSPS) is 33.4. The fraction of sp³-hybridized carbons (Fsp3) is 0.706. The highest BCUT2D eigenvalue weighted by molar-refractivity contribution is 5.93. The van der Waals surface area contributed by atoms with Crippen molar-refractivity contribution in [2.75, 3.05) is 6.54 Å². The zero-order chi connectivity index (χ0) is 15.0. The van der Waals surface area contributed by atoms with E-state index in [0.29, 0.717) is 5.76 Å². The van der Waals surface area contributed by atoms with Gasteiger partial charge in [-0.3, -0.25) is 4.79 Å². The number of hydrogen-bond donors (Lipinski definition) is 1. The first-order valence-electron chi connectivity index (χ1n) is 8.08. The lowest BCUT2D eigenvalue weighted by atomic mass is 9.72. The molecule has 116 valence electrons. The van der Waals surface area contributed by atoms with E-state index in [-0.39, 0.29) is 17.9 Å². The van der Waals surface area contributed by atoms with E-state index < -0.39 is 5.60 Å². The van der Waals surface area contributed by atoms with Crippen LogP contribution in [0.1, 0.15) is 61.6 Å². The Labute approximate surface area is 126 Å². The molecule has 0 radical (unpaired) electrons. The molecule has 21 heavy (non-hydrogen) atoms. The topological polar surface area (TPSA) is 53.7 Å². The molecule has 1 aliphatic carbocycles. The first-order valence-corrected chi connectivity index (χ1v) is 8.08. The van der Waals surface area contributed by atoms with Gasteiger partial charge in [-0.1, -0.05) is 12.8 Å². The third-order valence-corrected chi connectivity index (χ3v) is 5.33. The molecule has 1 aliphatic heterocycles. The minimum absolute atomic E-state index is 0.0126. The molecular formula is C17H25NO3. The molecule has 1 aromatic heterocycles. The van der Waals surface area contributed by atoms with Gasteiger partial charge < -0.3 is 14.4 Å². The van der Waals surface area contributed by atoms with Crippen LogP contribution in [-0.4, -0.2) is 34.1 Å². The molecule has 4 nitrogen and oxygen atoms in total. The van der Waals surface area contributed by atoms with Gasteiger partial charge in [0.25, 0.3) is 5.91 Å². The number of rotatable bonds is 2. The Morgan fingerprint density at radius 2 is 2.19 bits per heavy atom. The number of hydrogen-bond acceptors (Lipinski definition) is 3. The van der Waals surface area contributed by atoms with Gasteiger partial charge in [0.05, 0.1) is 11.9 Å². The summed E-state index contributed by atoms with van der Waals surface area (Å²) in [5.41, 5.74) is 0.241. The standard InChI is InChI=1S/C17H25NO3/c1-12-8-11-21-15(12)16(19)18-10-5-7-14(18)13-6-3-4-9-17(13,2)20/h8,11,13-14,20H,3-7,9-10H2,1-2H3. The zero-order valence-corrected chi connectivity index (χ0v) is 13.0. The lowest BCUT2D eigenvalue weighted by Gasteiger charge is -2.43. The zero-order valence-electron chi connectivity index (χ0n) is 13.0. The maximum absolute atomic E-state index is 12.7. The van der Waals surface area contributed by atoms with E-state index in [1.54, 1.807) is 6.26 Å². The van der Waals surface area contributed by atoms with Gasteiger partial charge in [-0.25, -0.2) is 0 Å². The largest absolute Gasteiger partial charge is 0.459 e. The highest BCUT2D eigenvalue weighted by atomic mass is 16.3. The molecule has 0 bridgehead atoms. The van der Waals surface area contributed by atoms with Gasteiger partial charge in [0.2, 0.25) is 0 Å². The number of aryl methyl sites for hydroxylation is 1. The Morgan fingerprint density at radius 3 is 2.86 bits per heavy atom. The van der Waals surface area contributed by atoms with Crippen molar-refractivity contribution >= 4 is 5.91 Å². The number of aliphatic hydroxyl groups is 1. The lowest BCUT2D eigenvalue weighted by Crippen LogP contribution is -2.50. The van der Waals surface area contributed by atoms with Gasteiger partial charge in [0.15, 0.2) is 5.76 Å². The van der Waals surface area contributed by atoms with Crippen molar-refractivity contribution in [3.8, 4) is 0 Å². The Bertz CT molecular complexity index is 520. The van der Waals surface area contributed by atoms with Crippen LogP contribution in [0, 0.1) is 12.8 Å². The van der Waals surface area contributed by atoms with Crippen molar-refractivity contribution in [3.05, 3.63) is 23.7 Å². The van der Waals surface area contributed by atoms with Crippen LogP contribution in [0.2, 0.25) is 0 Å². The summed E-state index contributed by atoms with van der Waals surface area (Å²) in [4.78, 5) is 14.7. The summed E-state index contributed by atoms with van der Waals surface area (Å²) in [5.74, 6) is 0.631. The molecule has 3 rings (SSSR count). The third kappa shape index (κ3) is 2.61. The van der Waals surface area contributed by atoms with Crippen LogP contribution in [0.15, 0.2) is 16.7 Å². The number of amides is 1. The maximum atomic E-state index is 12.7. The molecule has 1 saturated carbocycles. The molecule has 1 amide bonds. The van der Waals surface area contributed by atoms with E-state index in [9.17, 15) is 9.90 Å². The minimum atomic E-state index is -0.649. The molecule has 0 spiro atoms. The van der Waals surface area contributed by atoms with Gasteiger partial charge in [-0.05, 0) is 45.6 Å². The fourth-order valence-electron chi connectivity index (χ4n) is 4.14. The van der Waals surface area contributed by atoms with Gasteiger partial charge in [-0.15, -0.1) is 0 Å². The average Bonchev–Trinajstić information content (AvgIpc) is 3.06. The quantitative estimate of drug-likeness (QED) is 0.910. The number of furan rings is 1. The van der Waals surface area contributed by atoms with Crippen molar-refractivity contribution in [1.29, 1.82) is 0 Å². The molecule has 2 heterocycles. The van der Waals surface area contributed by atoms with E-state index in [0.717, 1.165) is 50.6 Å². The van der Waals surface area contributed by atoms with Gasteiger partial charge in [0.1, 0.15) is 0 Å². The number of carbonyl (C=O) groups is 1. The highest BCUT2D eigenvalue weighted by Crippen LogP contribution is 2.41. The molecule has 2 aliphatic rings. The first-order chi connectivity index (χ1) is 10.0. The monoisotopic (exact) mass is 291 g/mol. The Morgan fingerprint density at radius 1 is 1.38 bits per heavy atom. The SMILES string of the molecule is Cc1ccoc1C(=O)N1CCCC1C1CCCCC1(C)O. The first kappa shape index (κ1) is 14.6. The summed E-state index contributed by atoms with van der Waals surface area (Å²) in [6, 6.07) is 1.98. The highest BCUT2D eigenvalue weighted by Gasteiger charge is 2.45. The Balaban J connectivity index is 1.82. The number of likely N-dealkylation sites (tertiary alicyclic amines) is 1. The van der Waals surface area contributed by atoms with Crippen molar-refractivity contribution in [2.24, 2.45) is 5.92 Å². The predicted molar refractivity (Wildman–Crippen MR) is 80.1 cm³/mol. The van der Waals surface area contributed by atoms with Crippen LogP contribution in [0.5, 0.6) is 0 Å². The molecule has 2 fully saturated rings. The summed E-state index contributed by atoms with van der Waals surface area (Å²) < 4.78 is 5.37. The molecular weight excluding hydrogens is 266 g/mol. The summed E-state index contributed by atoms with van der Waals surface area (Å²) in [6.45, 7) is 4.62. The van der Waals surface area contributed by atoms with E-state index in [1.165, 1.54) is 0 Å². The van der Waals surface area contributed by atoms with Crippen molar-refractivity contribution in [1.82, 2.24) is 4.90 Å². The molecule has 0 aromatic carbocycles. The second-order valence-electron chi connectivity index (χ2n) is 6.85. The summed E-state index contributed by atoms with van der Waals surface area (Å²) >= 11 is 0. The molecule has 1 saturated heterocycles. The number of nitrogens with zero attached hydrogens (tertiary/aromatic N) is 1. The second-order valence-corrected chi connectivity index (χ2v) is 6.85. The summed E-state index contributed by atoms with van der Waals surface area (Å²) in [6.07, 6.45) is 7.68.